The molecule has 1 aliphatic carbocycles. The lowest BCUT2D eigenvalue weighted by Gasteiger charge is -2.20. The molecule has 0 aromatic carbocycles. The van der Waals surface area contributed by atoms with E-state index in [9.17, 15) is 0 Å². The normalized spacial score (nSPS) is 18.9. The van der Waals surface area contributed by atoms with Crippen LogP contribution in [0.1, 0.15) is 38.0 Å². The fraction of sp³-hybridized carbons (Fsp3) is 0.727. The molecule has 0 amide bonds. The van der Waals surface area contributed by atoms with Gasteiger partial charge >= 0.3 is 0 Å². The van der Waals surface area contributed by atoms with Crippen LogP contribution in [-0.4, -0.2) is 22.5 Å². The first-order valence-corrected chi connectivity index (χ1v) is 5.91. The number of nitrogens with two attached hydrogens (primary N) is 1. The van der Waals surface area contributed by atoms with Gasteiger partial charge in [-0.25, -0.2) is 0 Å². The minimum atomic E-state index is 0.497. The second kappa shape index (κ2) is 5.63. The minimum absolute atomic E-state index is 0.497. The number of hydrogen-bond donors (Lipinski definition) is 1. The molecular formula is C11H18N4O. The van der Waals surface area contributed by atoms with E-state index in [2.05, 4.69) is 15.1 Å². The first-order valence-electron chi connectivity index (χ1n) is 5.91. The van der Waals surface area contributed by atoms with E-state index in [0.717, 1.165) is 5.84 Å². The van der Waals surface area contributed by atoms with Gasteiger partial charge in [0.1, 0.15) is 0 Å². The van der Waals surface area contributed by atoms with Crippen LogP contribution in [-0.2, 0) is 6.42 Å². The maximum atomic E-state index is 5.97. The third kappa shape index (κ3) is 3.05. The number of rotatable bonds is 4. The lowest BCUT2D eigenvalue weighted by molar-refractivity contribution is 0.378. The average molecular weight is 222 g/mol. The highest BCUT2D eigenvalue weighted by atomic mass is 16.5. The maximum absolute atomic E-state index is 5.97. The molecule has 1 aliphatic rings. The van der Waals surface area contributed by atoms with E-state index < -0.39 is 0 Å². The summed E-state index contributed by atoms with van der Waals surface area (Å²) in [4.78, 5) is 8.33. The molecule has 5 heteroatoms. The van der Waals surface area contributed by atoms with Crippen LogP contribution in [0.3, 0.4) is 0 Å². The molecule has 1 heterocycles. The van der Waals surface area contributed by atoms with Gasteiger partial charge in [0.2, 0.25) is 5.89 Å². The van der Waals surface area contributed by atoms with Crippen molar-refractivity contribution in [3.05, 3.63) is 12.2 Å². The molecule has 0 bridgehead atoms. The molecule has 1 aromatic heterocycles. The molecule has 1 saturated carbocycles. The van der Waals surface area contributed by atoms with Crippen molar-refractivity contribution in [2.75, 3.05) is 6.54 Å². The van der Waals surface area contributed by atoms with E-state index >= 15 is 0 Å². The zero-order valence-electron chi connectivity index (χ0n) is 9.43. The molecule has 0 aliphatic heterocycles. The van der Waals surface area contributed by atoms with Gasteiger partial charge in [-0.05, 0) is 12.8 Å². The van der Waals surface area contributed by atoms with Crippen molar-refractivity contribution in [2.45, 2.75) is 38.5 Å². The van der Waals surface area contributed by atoms with Gasteiger partial charge in [0.05, 0.1) is 5.84 Å². The van der Waals surface area contributed by atoms with Crippen LogP contribution < -0.4 is 5.73 Å². The van der Waals surface area contributed by atoms with Crippen LogP contribution in [0.2, 0.25) is 0 Å². The highest BCUT2D eigenvalue weighted by Crippen LogP contribution is 2.23. The van der Waals surface area contributed by atoms with Crippen LogP contribution in [0.15, 0.2) is 15.8 Å². The molecular weight excluding hydrogens is 204 g/mol. The fourth-order valence-corrected chi connectivity index (χ4v) is 2.11. The molecule has 0 unspecified atom stereocenters. The summed E-state index contributed by atoms with van der Waals surface area (Å²) in [5, 5.41) is 3.54. The summed E-state index contributed by atoms with van der Waals surface area (Å²) in [6.07, 6.45) is 8.36. The van der Waals surface area contributed by atoms with Crippen molar-refractivity contribution in [1.29, 1.82) is 0 Å². The second-order valence-corrected chi connectivity index (χ2v) is 4.23. The summed E-state index contributed by atoms with van der Waals surface area (Å²) in [5.41, 5.74) is 5.97. The second-order valence-electron chi connectivity index (χ2n) is 4.23. The Morgan fingerprint density at radius 3 is 2.94 bits per heavy atom. The van der Waals surface area contributed by atoms with Gasteiger partial charge in [-0.1, -0.05) is 24.4 Å². The Morgan fingerprint density at radius 1 is 1.44 bits per heavy atom. The summed E-state index contributed by atoms with van der Waals surface area (Å²) in [7, 11) is 0. The molecule has 0 spiro atoms. The van der Waals surface area contributed by atoms with E-state index in [1.807, 2.05) is 0 Å². The molecule has 0 saturated heterocycles. The molecule has 0 radical (unpaired) electrons. The Morgan fingerprint density at radius 2 is 2.25 bits per heavy atom. The average Bonchev–Trinajstić information content (AvgIpc) is 2.83. The lowest BCUT2D eigenvalue weighted by atomic mass is 9.88. The topological polar surface area (TPSA) is 77.3 Å². The number of amidine groups is 1. The van der Waals surface area contributed by atoms with Gasteiger partial charge in [0.15, 0.2) is 6.33 Å². The van der Waals surface area contributed by atoms with Gasteiger partial charge in [-0.2, -0.15) is 4.98 Å². The highest BCUT2D eigenvalue weighted by molar-refractivity contribution is 5.82. The molecule has 2 N–H and O–H groups in total. The first kappa shape index (κ1) is 11.1. The number of aromatic nitrogens is 2. The quantitative estimate of drug-likeness (QED) is 0.619. The molecule has 1 fully saturated rings. The summed E-state index contributed by atoms with van der Waals surface area (Å²) < 4.78 is 4.89. The number of aliphatic imine (C=N–C) groups is 1. The van der Waals surface area contributed by atoms with E-state index in [1.165, 1.54) is 38.4 Å². The highest BCUT2D eigenvalue weighted by Gasteiger charge is 2.16. The van der Waals surface area contributed by atoms with Crippen LogP contribution >= 0.6 is 0 Å². The van der Waals surface area contributed by atoms with Crippen LogP contribution in [0.4, 0.5) is 0 Å². The van der Waals surface area contributed by atoms with Gasteiger partial charge in [0, 0.05) is 18.9 Å². The van der Waals surface area contributed by atoms with Crippen molar-refractivity contribution in [1.82, 2.24) is 10.1 Å². The first-order chi connectivity index (χ1) is 7.86. The molecule has 1 aromatic rings. The Bertz CT molecular complexity index is 328. The van der Waals surface area contributed by atoms with Gasteiger partial charge in [-0.3, -0.25) is 4.99 Å². The van der Waals surface area contributed by atoms with Gasteiger partial charge in [0.25, 0.3) is 0 Å². The van der Waals surface area contributed by atoms with E-state index in [1.54, 1.807) is 0 Å². The summed E-state index contributed by atoms with van der Waals surface area (Å²) in [6, 6.07) is 0. The zero-order chi connectivity index (χ0) is 11.2. The molecule has 5 nitrogen and oxygen atoms in total. The third-order valence-corrected chi connectivity index (χ3v) is 3.05. The van der Waals surface area contributed by atoms with Crippen molar-refractivity contribution in [3.63, 3.8) is 0 Å². The van der Waals surface area contributed by atoms with E-state index in [4.69, 9.17) is 10.3 Å². The summed E-state index contributed by atoms with van der Waals surface area (Å²) in [6.45, 7) is 0.643. The fourth-order valence-electron chi connectivity index (χ4n) is 2.11. The standard InChI is InChI=1S/C11H18N4O/c12-11(9-4-2-1-3-5-9)13-7-6-10-14-8-15-16-10/h8-9H,1-7H2,(H2,12,13). The molecule has 0 atom stereocenters. The van der Waals surface area contributed by atoms with Crippen molar-refractivity contribution in [2.24, 2.45) is 16.6 Å². The Kier molecular flexibility index (Phi) is 3.91. The number of nitrogens with zero attached hydrogens (tertiary/aromatic N) is 3. The predicted octanol–water partition coefficient (Wildman–Crippen LogP) is 1.55. The summed E-state index contributed by atoms with van der Waals surface area (Å²) in [5.74, 6) is 1.93. The zero-order valence-corrected chi connectivity index (χ0v) is 9.43. The van der Waals surface area contributed by atoms with Crippen LogP contribution in [0.25, 0.3) is 0 Å². The molecule has 2 rings (SSSR count). The Labute approximate surface area is 95.1 Å². The van der Waals surface area contributed by atoms with Crippen molar-refractivity contribution in [3.8, 4) is 0 Å². The van der Waals surface area contributed by atoms with Crippen molar-refractivity contribution < 1.29 is 4.52 Å². The van der Waals surface area contributed by atoms with Gasteiger partial charge < -0.3 is 10.3 Å². The third-order valence-electron chi connectivity index (χ3n) is 3.05. The lowest BCUT2D eigenvalue weighted by Crippen LogP contribution is -2.26. The van der Waals surface area contributed by atoms with Crippen molar-refractivity contribution >= 4 is 5.84 Å². The van der Waals surface area contributed by atoms with Crippen LogP contribution in [0, 0.1) is 5.92 Å². The molecule has 88 valence electrons. The van der Waals surface area contributed by atoms with E-state index in [-0.39, 0.29) is 0 Å². The largest absolute Gasteiger partial charge is 0.387 e. The minimum Gasteiger partial charge on any atom is -0.387 e. The maximum Gasteiger partial charge on any atom is 0.228 e. The monoisotopic (exact) mass is 222 g/mol. The number of hydrogen-bond acceptors (Lipinski definition) is 4. The summed E-state index contributed by atoms with van der Waals surface area (Å²) >= 11 is 0. The predicted molar refractivity (Wildman–Crippen MR) is 61.1 cm³/mol. The van der Waals surface area contributed by atoms with Gasteiger partial charge in [-0.15, -0.1) is 0 Å². The van der Waals surface area contributed by atoms with Crippen LogP contribution in [0.5, 0.6) is 0 Å². The Balaban J connectivity index is 1.77. The van der Waals surface area contributed by atoms with E-state index in [0.29, 0.717) is 24.8 Å². The SMILES string of the molecule is NC(=NCCc1ncno1)C1CCCCC1. The smallest absolute Gasteiger partial charge is 0.228 e. The molecule has 16 heavy (non-hydrogen) atoms. The Hall–Kier alpha value is -1.39.